The van der Waals surface area contributed by atoms with E-state index in [0.717, 1.165) is 6.54 Å². The topological polar surface area (TPSA) is 122 Å². The third-order valence-corrected chi connectivity index (χ3v) is 4.73. The van der Waals surface area contributed by atoms with Crippen LogP contribution in [0.2, 0.25) is 0 Å². The minimum Gasteiger partial charge on any atom is -0.455 e. The Morgan fingerprint density at radius 1 is 1.06 bits per heavy atom. The van der Waals surface area contributed by atoms with Crippen molar-refractivity contribution in [2.45, 2.75) is 6.61 Å². The van der Waals surface area contributed by atoms with Crippen molar-refractivity contribution in [3.05, 3.63) is 46.1 Å². The average molecular weight is 442 g/mol. The molecule has 1 aromatic heterocycles. The van der Waals surface area contributed by atoms with Crippen molar-refractivity contribution in [2.75, 3.05) is 46.6 Å². The first-order chi connectivity index (χ1) is 15.3. The van der Waals surface area contributed by atoms with Crippen molar-refractivity contribution in [2.24, 2.45) is 0 Å². The Balaban J connectivity index is 2.14. The number of ether oxygens (including phenoxy) is 2. The van der Waals surface area contributed by atoms with Gasteiger partial charge in [0.25, 0.3) is 0 Å². The normalized spacial score (nSPS) is 10.9. The summed E-state index contributed by atoms with van der Waals surface area (Å²) in [5.74, 6) is 0.213. The van der Waals surface area contributed by atoms with Crippen molar-refractivity contribution >= 4 is 39.8 Å². The van der Waals surface area contributed by atoms with E-state index in [2.05, 4.69) is 16.0 Å². The summed E-state index contributed by atoms with van der Waals surface area (Å²) in [7, 11) is 6.81. The molecule has 0 aliphatic rings. The monoisotopic (exact) mass is 442 g/mol. The predicted octanol–water partition coefficient (Wildman–Crippen LogP) is 2.49. The van der Waals surface area contributed by atoms with Crippen molar-refractivity contribution < 1.29 is 23.5 Å². The van der Waals surface area contributed by atoms with E-state index in [9.17, 15) is 14.4 Å². The maximum absolute atomic E-state index is 13.5. The molecule has 2 amide bonds. The second-order valence-corrected chi connectivity index (χ2v) is 7.26. The molecule has 0 unspecified atom stereocenters. The van der Waals surface area contributed by atoms with E-state index in [1.807, 2.05) is 19.0 Å². The third-order valence-electron chi connectivity index (χ3n) is 4.73. The Morgan fingerprint density at radius 3 is 2.50 bits per heavy atom. The van der Waals surface area contributed by atoms with Gasteiger partial charge in [-0.05, 0) is 44.4 Å². The highest BCUT2D eigenvalue weighted by atomic mass is 16.6. The molecule has 0 spiro atoms. The maximum atomic E-state index is 13.5. The van der Waals surface area contributed by atoms with E-state index < -0.39 is 12.2 Å². The molecule has 0 atom stereocenters. The molecule has 1 heterocycles. The summed E-state index contributed by atoms with van der Waals surface area (Å²) < 4.78 is 16.4. The quantitative estimate of drug-likeness (QED) is 0.477. The van der Waals surface area contributed by atoms with Gasteiger partial charge in [-0.1, -0.05) is 0 Å². The first kappa shape index (κ1) is 22.9. The Kier molecular flexibility index (Phi) is 7.16. The summed E-state index contributed by atoms with van der Waals surface area (Å²) in [4.78, 5) is 38.6. The van der Waals surface area contributed by atoms with Crippen LogP contribution in [0.25, 0.3) is 21.9 Å². The zero-order valence-electron chi connectivity index (χ0n) is 18.4. The SMILES string of the molecule is CNC(=O)OCc1ccc(NCCN(C)C)c2c(=O)c3cc(OC(=O)NC)ccc3oc12. The number of hydrogen-bond acceptors (Lipinski definition) is 8. The number of alkyl carbamates (subject to hydrolysis) is 1. The second kappa shape index (κ2) is 10.0. The fourth-order valence-electron chi connectivity index (χ4n) is 3.10. The van der Waals surface area contributed by atoms with E-state index in [-0.39, 0.29) is 23.2 Å². The number of rotatable bonds is 7. The number of fused-ring (bicyclic) bond motifs is 2. The zero-order chi connectivity index (χ0) is 23.3. The maximum Gasteiger partial charge on any atom is 0.412 e. The summed E-state index contributed by atoms with van der Waals surface area (Å²) in [6.45, 7) is 1.29. The molecule has 0 aliphatic carbocycles. The Hall–Kier alpha value is -3.79. The molecule has 0 radical (unpaired) electrons. The van der Waals surface area contributed by atoms with Crippen LogP contribution in [0, 0.1) is 0 Å². The zero-order valence-corrected chi connectivity index (χ0v) is 18.4. The minimum absolute atomic E-state index is 0.0690. The van der Waals surface area contributed by atoms with E-state index in [0.29, 0.717) is 34.3 Å². The van der Waals surface area contributed by atoms with Crippen LogP contribution in [0.15, 0.2) is 39.5 Å². The van der Waals surface area contributed by atoms with E-state index >= 15 is 0 Å². The minimum atomic E-state index is -0.644. The van der Waals surface area contributed by atoms with Gasteiger partial charge < -0.3 is 34.7 Å². The van der Waals surface area contributed by atoms with Gasteiger partial charge in [0.05, 0.1) is 10.8 Å². The highest BCUT2D eigenvalue weighted by Gasteiger charge is 2.17. The Labute approximate surface area is 184 Å². The highest BCUT2D eigenvalue weighted by molar-refractivity contribution is 5.99. The largest absolute Gasteiger partial charge is 0.455 e. The Bertz CT molecular complexity index is 1200. The van der Waals surface area contributed by atoms with Crippen LogP contribution in [0.3, 0.4) is 0 Å². The molecule has 10 heteroatoms. The smallest absolute Gasteiger partial charge is 0.412 e. The summed E-state index contributed by atoms with van der Waals surface area (Å²) in [5, 5.41) is 8.60. The molecule has 3 rings (SSSR count). The molecule has 0 aliphatic heterocycles. The van der Waals surface area contributed by atoms with Crippen molar-refractivity contribution in [3.8, 4) is 5.75 Å². The van der Waals surface area contributed by atoms with Crippen molar-refractivity contribution in [1.29, 1.82) is 0 Å². The molecule has 0 bridgehead atoms. The fourth-order valence-corrected chi connectivity index (χ4v) is 3.10. The number of benzene rings is 2. The van der Waals surface area contributed by atoms with Gasteiger partial charge in [0.15, 0.2) is 0 Å². The van der Waals surface area contributed by atoms with E-state index in [1.165, 1.54) is 26.2 Å². The summed E-state index contributed by atoms with van der Waals surface area (Å²) in [6.07, 6.45) is -1.24. The lowest BCUT2D eigenvalue weighted by Gasteiger charge is -2.15. The van der Waals surface area contributed by atoms with Crippen LogP contribution in [-0.4, -0.2) is 58.4 Å². The molecule has 0 saturated carbocycles. The van der Waals surface area contributed by atoms with Gasteiger partial charge >= 0.3 is 12.2 Å². The summed E-state index contributed by atoms with van der Waals surface area (Å²) >= 11 is 0. The molecule has 32 heavy (non-hydrogen) atoms. The molecule has 10 nitrogen and oxygen atoms in total. The Morgan fingerprint density at radius 2 is 1.81 bits per heavy atom. The molecule has 0 saturated heterocycles. The average Bonchev–Trinajstić information content (AvgIpc) is 2.78. The van der Waals surface area contributed by atoms with Gasteiger partial charge in [-0.3, -0.25) is 4.79 Å². The van der Waals surface area contributed by atoms with E-state index in [1.54, 1.807) is 18.2 Å². The second-order valence-electron chi connectivity index (χ2n) is 7.26. The van der Waals surface area contributed by atoms with Gasteiger partial charge in [0.2, 0.25) is 5.43 Å². The lowest BCUT2D eigenvalue weighted by Crippen LogP contribution is -2.22. The summed E-state index contributed by atoms with van der Waals surface area (Å²) in [5.41, 5.74) is 1.49. The van der Waals surface area contributed by atoms with E-state index in [4.69, 9.17) is 13.9 Å². The van der Waals surface area contributed by atoms with Crippen LogP contribution < -0.4 is 26.1 Å². The molecular weight excluding hydrogens is 416 g/mol. The number of anilines is 1. The van der Waals surface area contributed by atoms with Gasteiger partial charge in [0.1, 0.15) is 23.5 Å². The van der Waals surface area contributed by atoms with Crippen LogP contribution in [0.5, 0.6) is 5.75 Å². The van der Waals surface area contributed by atoms with Crippen LogP contribution in [-0.2, 0) is 11.3 Å². The van der Waals surface area contributed by atoms with Gasteiger partial charge in [0, 0.05) is 38.4 Å². The first-order valence-electron chi connectivity index (χ1n) is 9.99. The van der Waals surface area contributed by atoms with Crippen LogP contribution >= 0.6 is 0 Å². The number of hydrogen-bond donors (Lipinski definition) is 3. The molecular formula is C22H26N4O6. The molecule has 0 fully saturated rings. The number of carbonyl (C=O) groups excluding carboxylic acids is 2. The molecule has 3 aromatic rings. The number of nitrogens with one attached hydrogen (secondary N) is 3. The number of amides is 2. The molecule has 3 N–H and O–H groups in total. The molecule has 170 valence electrons. The summed E-state index contributed by atoms with van der Waals surface area (Å²) in [6, 6.07) is 8.07. The van der Waals surface area contributed by atoms with Crippen LogP contribution in [0.1, 0.15) is 5.56 Å². The lowest BCUT2D eigenvalue weighted by molar-refractivity contribution is 0.142. The fraction of sp³-hybridized carbons (Fsp3) is 0.318. The van der Waals surface area contributed by atoms with Crippen molar-refractivity contribution in [3.63, 3.8) is 0 Å². The van der Waals surface area contributed by atoms with Crippen molar-refractivity contribution in [1.82, 2.24) is 15.5 Å². The first-order valence-corrected chi connectivity index (χ1v) is 9.99. The number of carbonyl (C=O) groups is 2. The lowest BCUT2D eigenvalue weighted by atomic mass is 10.1. The van der Waals surface area contributed by atoms with Gasteiger partial charge in [-0.15, -0.1) is 0 Å². The predicted molar refractivity (Wildman–Crippen MR) is 121 cm³/mol. The number of likely N-dealkylation sites (N-methyl/N-ethyl adjacent to an activating group) is 1. The van der Waals surface area contributed by atoms with Gasteiger partial charge in [-0.25, -0.2) is 9.59 Å². The molecule has 2 aromatic carbocycles. The third kappa shape index (κ3) is 5.09. The highest BCUT2D eigenvalue weighted by Crippen LogP contribution is 2.29. The van der Waals surface area contributed by atoms with Gasteiger partial charge in [-0.2, -0.15) is 0 Å². The van der Waals surface area contributed by atoms with Crippen LogP contribution in [0.4, 0.5) is 15.3 Å². The number of nitrogens with zero attached hydrogens (tertiary/aromatic N) is 1. The standard InChI is InChI=1S/C22H26N4O6/c1-23-21(28)30-12-13-5-7-16(25-9-10-26(3)4)18-19(27)15-11-14(31-22(29)24-2)6-8-17(15)32-20(13)18/h5-8,11,25H,9-10,12H2,1-4H3,(H,23,28)(H,24,29).